The van der Waals surface area contributed by atoms with Crippen molar-refractivity contribution in [2.24, 2.45) is 5.92 Å². The van der Waals surface area contributed by atoms with Crippen molar-refractivity contribution in [3.05, 3.63) is 29.8 Å². The number of hydrogen-bond acceptors (Lipinski definition) is 3. The van der Waals surface area contributed by atoms with Crippen LogP contribution in [0.4, 0.5) is 0 Å². The van der Waals surface area contributed by atoms with E-state index in [1.807, 2.05) is 19.2 Å². The Balaban J connectivity index is 0.00000288. The van der Waals surface area contributed by atoms with Gasteiger partial charge in [0.2, 0.25) is 5.91 Å². The van der Waals surface area contributed by atoms with Gasteiger partial charge in [-0.3, -0.25) is 4.79 Å². The minimum absolute atomic E-state index is 0. The Bertz CT molecular complexity index is 513. The van der Waals surface area contributed by atoms with Crippen molar-refractivity contribution in [3.63, 3.8) is 0 Å². The maximum absolute atomic E-state index is 12.7. The number of rotatable bonds is 8. The van der Waals surface area contributed by atoms with Gasteiger partial charge in [0.15, 0.2) is 0 Å². The molecule has 1 aromatic carbocycles. The molecule has 1 saturated carbocycles. The molecule has 0 aliphatic heterocycles. The van der Waals surface area contributed by atoms with E-state index in [9.17, 15) is 4.79 Å². The molecule has 0 bridgehead atoms. The summed E-state index contributed by atoms with van der Waals surface area (Å²) >= 11 is 0. The van der Waals surface area contributed by atoms with Crippen LogP contribution in [0.5, 0.6) is 5.75 Å². The molecule has 0 radical (unpaired) electrons. The fourth-order valence-electron chi connectivity index (χ4n) is 2.83. The van der Waals surface area contributed by atoms with Crippen molar-refractivity contribution < 1.29 is 9.53 Å². The largest absolute Gasteiger partial charge is 0.493 e. The van der Waals surface area contributed by atoms with E-state index >= 15 is 0 Å². The minimum atomic E-state index is -0.343. The molecule has 1 unspecified atom stereocenters. The number of hydrogen-bond donors (Lipinski definition) is 2. The first kappa shape index (κ1) is 20.8. The summed E-state index contributed by atoms with van der Waals surface area (Å²) in [5.41, 5.74) is 0.764. The minimum Gasteiger partial charge on any atom is -0.493 e. The number of nitrogens with one attached hydrogen (secondary N) is 2. The van der Waals surface area contributed by atoms with Crippen LogP contribution in [-0.4, -0.2) is 32.1 Å². The van der Waals surface area contributed by atoms with Gasteiger partial charge in [-0.2, -0.15) is 0 Å². The molecule has 0 spiro atoms. The summed E-state index contributed by atoms with van der Waals surface area (Å²) in [7, 11) is 1.91. The Morgan fingerprint density at radius 2 is 1.83 bits per heavy atom. The molecule has 0 aromatic heterocycles. The highest BCUT2D eigenvalue weighted by atomic mass is 35.5. The molecule has 136 valence electrons. The van der Waals surface area contributed by atoms with Gasteiger partial charge in [0.05, 0.1) is 12.0 Å². The molecular formula is C19H31ClN2O2. The van der Waals surface area contributed by atoms with Crippen molar-refractivity contribution in [2.45, 2.75) is 51.5 Å². The first-order chi connectivity index (χ1) is 11.0. The normalized spacial score (nSPS) is 16.7. The number of carbonyl (C=O) groups is 1. The van der Waals surface area contributed by atoms with Crippen molar-refractivity contribution in [3.8, 4) is 5.75 Å². The first-order valence-corrected chi connectivity index (χ1v) is 8.67. The Kier molecular flexibility index (Phi) is 8.04. The number of halogens is 1. The summed E-state index contributed by atoms with van der Waals surface area (Å²) < 4.78 is 5.73. The maximum Gasteiger partial charge on any atom is 0.230 e. The zero-order valence-electron chi connectivity index (χ0n) is 15.2. The lowest BCUT2D eigenvalue weighted by molar-refractivity contribution is -0.130. The van der Waals surface area contributed by atoms with Crippen molar-refractivity contribution in [1.82, 2.24) is 10.6 Å². The summed E-state index contributed by atoms with van der Waals surface area (Å²) in [4.78, 5) is 12.7. The van der Waals surface area contributed by atoms with Crippen molar-refractivity contribution >= 4 is 18.3 Å². The predicted octanol–water partition coefficient (Wildman–Crippen LogP) is 3.29. The summed E-state index contributed by atoms with van der Waals surface area (Å²) in [6.07, 6.45) is 2.97. The third kappa shape index (κ3) is 4.87. The molecule has 4 nitrogen and oxygen atoms in total. The quantitative estimate of drug-likeness (QED) is 0.753. The highest BCUT2D eigenvalue weighted by Crippen LogP contribution is 2.44. The zero-order chi connectivity index (χ0) is 16.9. The third-order valence-corrected chi connectivity index (χ3v) is 4.69. The van der Waals surface area contributed by atoms with Crippen LogP contribution >= 0.6 is 12.4 Å². The van der Waals surface area contributed by atoms with Gasteiger partial charge in [-0.25, -0.2) is 0 Å². The van der Waals surface area contributed by atoms with Crippen molar-refractivity contribution in [2.75, 3.05) is 20.2 Å². The van der Waals surface area contributed by atoms with Crippen LogP contribution in [-0.2, 0) is 10.2 Å². The number of likely N-dealkylation sites (N-methyl/N-ethyl adjacent to an activating group) is 1. The van der Waals surface area contributed by atoms with E-state index < -0.39 is 0 Å². The molecular weight excluding hydrogens is 324 g/mol. The second kappa shape index (κ2) is 9.28. The van der Waals surface area contributed by atoms with Crippen molar-refractivity contribution in [1.29, 1.82) is 0 Å². The molecule has 1 atom stereocenters. The Labute approximate surface area is 152 Å². The number of ether oxygens (including phenoxy) is 1. The first-order valence-electron chi connectivity index (χ1n) is 8.67. The molecule has 0 heterocycles. The molecule has 1 aromatic rings. The molecule has 1 fully saturated rings. The molecule has 1 aliphatic carbocycles. The van der Waals surface area contributed by atoms with Gasteiger partial charge in [0, 0.05) is 12.6 Å². The van der Waals surface area contributed by atoms with E-state index in [1.54, 1.807) is 0 Å². The molecule has 2 N–H and O–H groups in total. The Hall–Kier alpha value is -1.26. The van der Waals surface area contributed by atoms with Crippen LogP contribution in [0.25, 0.3) is 0 Å². The SMILES string of the molecule is CNC(C)CNC(=O)C1(c2ccc(OCC(C)C)cc2)CCC1.Cl. The van der Waals surface area contributed by atoms with Crippen LogP contribution in [0.3, 0.4) is 0 Å². The van der Waals surface area contributed by atoms with E-state index in [0.29, 0.717) is 19.1 Å². The smallest absolute Gasteiger partial charge is 0.230 e. The molecule has 1 aliphatic rings. The van der Waals surface area contributed by atoms with Gasteiger partial charge < -0.3 is 15.4 Å². The van der Waals surface area contributed by atoms with Crippen LogP contribution in [0, 0.1) is 5.92 Å². The summed E-state index contributed by atoms with van der Waals surface area (Å²) in [6, 6.07) is 8.36. The Morgan fingerprint density at radius 1 is 1.21 bits per heavy atom. The van der Waals surface area contributed by atoms with Gasteiger partial charge in [0.25, 0.3) is 0 Å². The fraction of sp³-hybridized carbons (Fsp3) is 0.632. The molecule has 2 rings (SSSR count). The van der Waals surface area contributed by atoms with Gasteiger partial charge in [-0.1, -0.05) is 32.4 Å². The second-order valence-corrected chi connectivity index (χ2v) is 7.06. The van der Waals surface area contributed by atoms with Gasteiger partial charge >= 0.3 is 0 Å². The van der Waals surface area contributed by atoms with E-state index in [1.165, 1.54) is 0 Å². The Morgan fingerprint density at radius 3 is 2.29 bits per heavy atom. The highest BCUT2D eigenvalue weighted by Gasteiger charge is 2.45. The maximum atomic E-state index is 12.7. The molecule has 24 heavy (non-hydrogen) atoms. The lowest BCUT2D eigenvalue weighted by atomic mass is 9.64. The lowest BCUT2D eigenvalue weighted by Gasteiger charge is -2.41. The number of amides is 1. The van der Waals surface area contributed by atoms with E-state index in [4.69, 9.17) is 4.74 Å². The van der Waals surface area contributed by atoms with Crippen LogP contribution in [0.2, 0.25) is 0 Å². The standard InChI is InChI=1S/C19H30N2O2.ClH/c1-14(2)13-23-17-8-6-16(7-9-17)19(10-5-11-19)18(22)21-12-15(3)20-4;/h6-9,14-15,20H,5,10-13H2,1-4H3,(H,21,22);1H. The average molecular weight is 355 g/mol. The van der Waals surface area contributed by atoms with E-state index in [-0.39, 0.29) is 29.8 Å². The number of benzene rings is 1. The van der Waals surface area contributed by atoms with Gasteiger partial charge in [0.1, 0.15) is 5.75 Å². The second-order valence-electron chi connectivity index (χ2n) is 7.06. The van der Waals surface area contributed by atoms with Crippen LogP contribution < -0.4 is 15.4 Å². The fourth-order valence-corrected chi connectivity index (χ4v) is 2.83. The molecule has 0 saturated heterocycles. The van der Waals surface area contributed by atoms with Gasteiger partial charge in [-0.15, -0.1) is 12.4 Å². The number of carbonyl (C=O) groups excluding carboxylic acids is 1. The molecule has 1 amide bonds. The highest BCUT2D eigenvalue weighted by molar-refractivity contribution is 5.89. The summed E-state index contributed by atoms with van der Waals surface area (Å²) in [5, 5.41) is 6.24. The predicted molar refractivity (Wildman–Crippen MR) is 101 cm³/mol. The van der Waals surface area contributed by atoms with E-state index in [0.717, 1.165) is 30.6 Å². The monoisotopic (exact) mass is 354 g/mol. The zero-order valence-corrected chi connectivity index (χ0v) is 16.0. The molecule has 5 heteroatoms. The lowest BCUT2D eigenvalue weighted by Crippen LogP contribution is -2.51. The van der Waals surface area contributed by atoms with Crippen LogP contribution in [0.1, 0.15) is 45.6 Å². The summed E-state index contributed by atoms with van der Waals surface area (Å²) in [5.74, 6) is 1.54. The topological polar surface area (TPSA) is 50.4 Å². The summed E-state index contributed by atoms with van der Waals surface area (Å²) in [6.45, 7) is 7.70. The van der Waals surface area contributed by atoms with Crippen LogP contribution in [0.15, 0.2) is 24.3 Å². The third-order valence-electron chi connectivity index (χ3n) is 4.69. The average Bonchev–Trinajstić information content (AvgIpc) is 2.50. The van der Waals surface area contributed by atoms with Gasteiger partial charge in [-0.05, 0) is 50.4 Å². The van der Waals surface area contributed by atoms with E-state index in [2.05, 4.69) is 43.5 Å².